The van der Waals surface area contributed by atoms with Gasteiger partial charge in [-0.25, -0.2) is 4.98 Å². The van der Waals surface area contributed by atoms with Gasteiger partial charge in [-0.2, -0.15) is 0 Å². The van der Waals surface area contributed by atoms with Crippen molar-refractivity contribution in [2.45, 2.75) is 6.92 Å². The van der Waals surface area contributed by atoms with Gasteiger partial charge in [-0.3, -0.25) is 4.79 Å². The molecule has 4 rings (SSSR count). The van der Waals surface area contributed by atoms with Crippen molar-refractivity contribution in [1.29, 1.82) is 0 Å². The van der Waals surface area contributed by atoms with Gasteiger partial charge in [0.05, 0.1) is 16.7 Å². The molecule has 0 spiro atoms. The predicted octanol–water partition coefficient (Wildman–Crippen LogP) is 5.35. The number of hydrogen-bond donors (Lipinski definition) is 1. The number of aryl methyl sites for hydroxylation is 1. The number of H-pyrrole nitrogens is 1. The zero-order valence-corrected chi connectivity index (χ0v) is 14.9. The molecule has 0 fully saturated rings. The fourth-order valence-electron chi connectivity index (χ4n) is 2.40. The summed E-state index contributed by atoms with van der Waals surface area (Å²) in [4.78, 5) is 22.6. The van der Waals surface area contributed by atoms with Crippen molar-refractivity contribution in [1.82, 2.24) is 9.97 Å². The number of hydrogen-bond acceptors (Lipinski definition) is 5. The fraction of sp³-hybridized carbons (Fsp3) is 0.0588. The molecule has 0 aliphatic rings. The van der Waals surface area contributed by atoms with Crippen LogP contribution in [0.2, 0.25) is 0 Å². The lowest BCUT2D eigenvalue weighted by atomic mass is 10.2. The van der Waals surface area contributed by atoms with Gasteiger partial charge in [-0.05, 0) is 37.3 Å². The molecule has 24 heavy (non-hydrogen) atoms. The number of thiophene rings is 2. The van der Waals surface area contributed by atoms with Crippen molar-refractivity contribution in [2.75, 3.05) is 0 Å². The predicted molar refractivity (Wildman–Crippen MR) is 101 cm³/mol. The first-order chi connectivity index (χ1) is 11.6. The molecule has 0 amide bonds. The summed E-state index contributed by atoms with van der Waals surface area (Å²) in [6.07, 6.45) is 3.39. The average molecular weight is 375 g/mol. The maximum absolute atomic E-state index is 12.5. The van der Waals surface area contributed by atoms with E-state index in [1.807, 2.05) is 36.6 Å². The van der Waals surface area contributed by atoms with E-state index in [-0.39, 0.29) is 5.56 Å². The average Bonchev–Trinajstić information content (AvgIpc) is 3.27. The highest BCUT2D eigenvalue weighted by molar-refractivity contribution is 7.17. The second-order valence-corrected chi connectivity index (χ2v) is 7.75. The van der Waals surface area contributed by atoms with E-state index in [0.717, 1.165) is 10.4 Å². The summed E-state index contributed by atoms with van der Waals surface area (Å²) in [5, 5.41) is 2.80. The number of rotatable bonds is 3. The monoisotopic (exact) mass is 374 g/mol. The van der Waals surface area contributed by atoms with Crippen LogP contribution in [-0.2, 0) is 0 Å². The van der Waals surface area contributed by atoms with E-state index in [9.17, 15) is 4.79 Å². The van der Waals surface area contributed by atoms with Crippen LogP contribution in [0, 0.1) is 6.92 Å². The minimum Gasteiger partial charge on any atom is -0.464 e. The lowest BCUT2D eigenvalue weighted by molar-refractivity contribution is 0.583. The zero-order chi connectivity index (χ0) is 16.7. The summed E-state index contributed by atoms with van der Waals surface area (Å²) in [7, 11) is 0. The van der Waals surface area contributed by atoms with Gasteiger partial charge in [0.15, 0.2) is 5.82 Å². The van der Waals surface area contributed by atoms with Crippen molar-refractivity contribution >= 4 is 55.6 Å². The SMILES string of the molecule is Cc1ccc(/C=C(\Cl)c2nc3scc(-c4ccco4)c3c(=O)[nH]2)s1. The zero-order valence-electron chi connectivity index (χ0n) is 12.5. The van der Waals surface area contributed by atoms with Crippen LogP contribution in [0.15, 0.2) is 45.1 Å². The van der Waals surface area contributed by atoms with Crippen LogP contribution >= 0.6 is 34.3 Å². The summed E-state index contributed by atoms with van der Waals surface area (Å²) >= 11 is 9.37. The van der Waals surface area contributed by atoms with E-state index >= 15 is 0 Å². The van der Waals surface area contributed by atoms with Gasteiger partial charge in [-0.15, -0.1) is 22.7 Å². The summed E-state index contributed by atoms with van der Waals surface area (Å²) in [5.74, 6) is 1.02. The highest BCUT2D eigenvalue weighted by Gasteiger charge is 2.15. The third kappa shape index (κ3) is 2.73. The number of aromatic amines is 1. The molecule has 4 nitrogen and oxygen atoms in total. The van der Waals surface area contributed by atoms with Crippen molar-refractivity contribution in [3.63, 3.8) is 0 Å². The van der Waals surface area contributed by atoms with Crippen LogP contribution in [0.5, 0.6) is 0 Å². The van der Waals surface area contributed by atoms with E-state index in [1.54, 1.807) is 23.7 Å². The number of nitrogens with one attached hydrogen (secondary N) is 1. The first kappa shape index (κ1) is 15.4. The van der Waals surface area contributed by atoms with Gasteiger partial charge in [0.2, 0.25) is 0 Å². The number of furan rings is 1. The minimum atomic E-state index is -0.225. The molecule has 0 aliphatic heterocycles. The summed E-state index contributed by atoms with van der Waals surface area (Å²) in [6, 6.07) is 7.62. The largest absolute Gasteiger partial charge is 0.464 e. The molecule has 0 aromatic carbocycles. The van der Waals surface area contributed by atoms with Crippen molar-refractivity contribution < 1.29 is 4.42 Å². The fourth-order valence-corrected chi connectivity index (χ4v) is 4.42. The first-order valence-electron chi connectivity index (χ1n) is 7.11. The molecular formula is C17H11ClN2O2S2. The molecule has 4 aromatic rings. The van der Waals surface area contributed by atoms with Crippen LogP contribution in [-0.4, -0.2) is 9.97 Å². The van der Waals surface area contributed by atoms with Crippen LogP contribution in [0.25, 0.3) is 32.6 Å². The normalized spacial score (nSPS) is 12.2. The smallest absolute Gasteiger partial charge is 0.260 e. The van der Waals surface area contributed by atoms with E-state index in [2.05, 4.69) is 9.97 Å². The van der Waals surface area contributed by atoms with Gasteiger partial charge < -0.3 is 9.40 Å². The van der Waals surface area contributed by atoms with E-state index in [0.29, 0.717) is 26.8 Å². The van der Waals surface area contributed by atoms with Crippen LogP contribution in [0.3, 0.4) is 0 Å². The van der Waals surface area contributed by atoms with Crippen LogP contribution in [0.4, 0.5) is 0 Å². The van der Waals surface area contributed by atoms with Gasteiger partial charge in [0, 0.05) is 20.7 Å². The molecule has 0 saturated heterocycles. The minimum absolute atomic E-state index is 0.225. The molecule has 0 radical (unpaired) electrons. The van der Waals surface area contributed by atoms with Crippen LogP contribution in [0.1, 0.15) is 15.6 Å². The molecule has 0 aliphatic carbocycles. The Balaban J connectivity index is 1.82. The topological polar surface area (TPSA) is 58.9 Å². The van der Waals surface area contributed by atoms with Crippen molar-refractivity contribution in [3.05, 3.63) is 61.8 Å². The Bertz CT molecular complexity index is 1100. The Hall–Kier alpha value is -2.15. The highest BCUT2D eigenvalue weighted by Crippen LogP contribution is 2.32. The third-order valence-electron chi connectivity index (χ3n) is 3.49. The molecule has 120 valence electrons. The Morgan fingerprint density at radius 2 is 2.25 bits per heavy atom. The molecule has 4 heterocycles. The molecule has 1 N–H and O–H groups in total. The summed E-state index contributed by atoms with van der Waals surface area (Å²) < 4.78 is 5.39. The molecule has 0 atom stereocenters. The van der Waals surface area contributed by atoms with Crippen molar-refractivity contribution in [3.8, 4) is 11.3 Å². The third-order valence-corrected chi connectivity index (χ3v) is 5.59. The lowest BCUT2D eigenvalue weighted by Crippen LogP contribution is -2.10. The van der Waals surface area contributed by atoms with E-state index < -0.39 is 0 Å². The van der Waals surface area contributed by atoms with E-state index in [4.69, 9.17) is 16.0 Å². The van der Waals surface area contributed by atoms with Crippen molar-refractivity contribution in [2.24, 2.45) is 0 Å². The van der Waals surface area contributed by atoms with Gasteiger partial charge >= 0.3 is 0 Å². The summed E-state index contributed by atoms with van der Waals surface area (Å²) in [6.45, 7) is 2.03. The second kappa shape index (κ2) is 6.05. The highest BCUT2D eigenvalue weighted by atomic mass is 35.5. The Kier molecular flexibility index (Phi) is 3.88. The maximum atomic E-state index is 12.5. The number of aromatic nitrogens is 2. The summed E-state index contributed by atoms with van der Waals surface area (Å²) in [5.41, 5.74) is 0.519. The number of halogens is 1. The quantitative estimate of drug-likeness (QED) is 0.525. The molecule has 0 unspecified atom stereocenters. The van der Waals surface area contributed by atoms with Crippen LogP contribution < -0.4 is 5.56 Å². The molecular weight excluding hydrogens is 364 g/mol. The number of fused-ring (bicyclic) bond motifs is 1. The maximum Gasteiger partial charge on any atom is 0.260 e. The number of nitrogens with zero attached hydrogens (tertiary/aromatic N) is 1. The molecule has 0 bridgehead atoms. The van der Waals surface area contributed by atoms with Gasteiger partial charge in [-0.1, -0.05) is 11.6 Å². The van der Waals surface area contributed by atoms with Gasteiger partial charge in [0.1, 0.15) is 10.6 Å². The molecule has 4 aromatic heterocycles. The molecule has 7 heteroatoms. The second-order valence-electron chi connectivity index (χ2n) is 5.16. The Morgan fingerprint density at radius 1 is 1.38 bits per heavy atom. The first-order valence-corrected chi connectivity index (χ1v) is 9.18. The lowest BCUT2D eigenvalue weighted by Gasteiger charge is -2.00. The Labute approximate surface area is 150 Å². The van der Waals surface area contributed by atoms with Gasteiger partial charge in [0.25, 0.3) is 5.56 Å². The Morgan fingerprint density at radius 3 is 2.96 bits per heavy atom. The standard InChI is InChI=1S/C17H11ClN2O2S2/c1-9-4-5-10(24-9)7-12(18)15-19-16(21)14-11(8-23-17(14)20-15)13-3-2-6-22-13/h2-8H,1H3,(H,19,20,21)/b12-7-. The van der Waals surface area contributed by atoms with E-state index in [1.165, 1.54) is 16.2 Å². The molecule has 0 saturated carbocycles.